The van der Waals surface area contributed by atoms with E-state index in [0.29, 0.717) is 5.56 Å². The summed E-state index contributed by atoms with van der Waals surface area (Å²) in [5.74, 6) is -2.05. The highest BCUT2D eigenvalue weighted by atomic mass is 127. The van der Waals surface area contributed by atoms with Crippen molar-refractivity contribution < 1.29 is 19.1 Å². The molecule has 0 saturated carbocycles. The summed E-state index contributed by atoms with van der Waals surface area (Å²) < 4.78 is 7.12. The standard InChI is InChI=1S/C13H9I3O4/c1-6(2)13(19)20-11(18)5-10(17)8-3-7(14)4-9(15)12(8)16/h3-4H,1,5H2,2H3. The van der Waals surface area contributed by atoms with Gasteiger partial charge in [0.2, 0.25) is 0 Å². The summed E-state index contributed by atoms with van der Waals surface area (Å²) in [4.78, 5) is 34.8. The molecule has 1 aromatic carbocycles. The SMILES string of the molecule is C=C(C)C(=O)OC(=O)CC(=O)c1cc(I)cc(I)c1I. The van der Waals surface area contributed by atoms with Crippen molar-refractivity contribution in [1.29, 1.82) is 0 Å². The first kappa shape index (κ1) is 18.0. The van der Waals surface area contributed by atoms with Crippen LogP contribution in [0.3, 0.4) is 0 Å². The van der Waals surface area contributed by atoms with Gasteiger partial charge in [-0.25, -0.2) is 4.79 Å². The maximum absolute atomic E-state index is 12.1. The summed E-state index contributed by atoms with van der Waals surface area (Å²) in [6.45, 7) is 4.80. The van der Waals surface area contributed by atoms with Crippen molar-refractivity contribution in [2.75, 3.05) is 0 Å². The molecule has 0 saturated heterocycles. The van der Waals surface area contributed by atoms with Crippen LogP contribution in [0.5, 0.6) is 0 Å². The van der Waals surface area contributed by atoms with E-state index in [1.165, 1.54) is 6.92 Å². The summed E-state index contributed by atoms with van der Waals surface area (Å²) in [5, 5.41) is 0. The zero-order valence-electron chi connectivity index (χ0n) is 10.3. The average molecular weight is 610 g/mol. The van der Waals surface area contributed by atoms with Gasteiger partial charge in [-0.1, -0.05) is 6.58 Å². The normalized spacial score (nSPS) is 10.0. The Kier molecular flexibility index (Phi) is 7.04. The fourth-order valence-corrected chi connectivity index (χ4v) is 3.67. The molecule has 0 spiro atoms. The lowest BCUT2D eigenvalue weighted by Crippen LogP contribution is -2.17. The number of ether oxygens (including phenoxy) is 1. The molecule has 0 aliphatic rings. The zero-order valence-corrected chi connectivity index (χ0v) is 16.8. The minimum Gasteiger partial charge on any atom is -0.389 e. The van der Waals surface area contributed by atoms with E-state index in [0.717, 1.165) is 10.7 Å². The van der Waals surface area contributed by atoms with E-state index in [1.807, 2.05) is 6.07 Å². The van der Waals surface area contributed by atoms with Crippen molar-refractivity contribution in [2.24, 2.45) is 0 Å². The topological polar surface area (TPSA) is 60.4 Å². The van der Waals surface area contributed by atoms with Crippen LogP contribution in [0.1, 0.15) is 23.7 Å². The van der Waals surface area contributed by atoms with Gasteiger partial charge in [-0.15, -0.1) is 0 Å². The lowest BCUT2D eigenvalue weighted by Gasteiger charge is -2.07. The third-order valence-electron chi connectivity index (χ3n) is 2.15. The molecule has 0 aliphatic heterocycles. The molecule has 1 aromatic rings. The molecule has 0 radical (unpaired) electrons. The number of Topliss-reactive ketones (excluding diaryl/α,β-unsaturated/α-hetero) is 1. The Morgan fingerprint density at radius 1 is 1.20 bits per heavy atom. The molecule has 0 amide bonds. The molecule has 0 fully saturated rings. The molecule has 0 heterocycles. The van der Waals surface area contributed by atoms with Crippen LogP contribution in [0.2, 0.25) is 0 Å². The van der Waals surface area contributed by atoms with Crippen molar-refractivity contribution in [3.8, 4) is 0 Å². The largest absolute Gasteiger partial charge is 0.389 e. The highest BCUT2D eigenvalue weighted by Crippen LogP contribution is 2.24. The average Bonchev–Trinajstić information content (AvgIpc) is 2.33. The number of halogens is 3. The van der Waals surface area contributed by atoms with Crippen molar-refractivity contribution in [3.63, 3.8) is 0 Å². The molecule has 20 heavy (non-hydrogen) atoms. The Balaban J connectivity index is 2.85. The Bertz CT molecular complexity index is 608. The lowest BCUT2D eigenvalue weighted by molar-refractivity contribution is -0.156. The second-order valence-corrected chi connectivity index (χ2v) is 7.38. The van der Waals surface area contributed by atoms with Crippen LogP contribution in [0.4, 0.5) is 0 Å². The van der Waals surface area contributed by atoms with Crippen molar-refractivity contribution >= 4 is 85.5 Å². The van der Waals surface area contributed by atoms with Gasteiger partial charge in [0.05, 0.1) is 0 Å². The Hall–Kier alpha value is -0.0400. The third-order valence-corrected chi connectivity index (χ3v) is 5.82. The van der Waals surface area contributed by atoms with E-state index in [-0.39, 0.29) is 11.4 Å². The van der Waals surface area contributed by atoms with E-state index >= 15 is 0 Å². The van der Waals surface area contributed by atoms with Crippen LogP contribution in [-0.2, 0) is 14.3 Å². The van der Waals surface area contributed by atoms with Gasteiger partial charge in [-0.3, -0.25) is 9.59 Å². The van der Waals surface area contributed by atoms with E-state index < -0.39 is 18.4 Å². The first-order valence-corrected chi connectivity index (χ1v) is 8.54. The predicted molar refractivity (Wildman–Crippen MR) is 99.5 cm³/mol. The lowest BCUT2D eigenvalue weighted by atomic mass is 10.1. The van der Waals surface area contributed by atoms with Crippen LogP contribution in [0.15, 0.2) is 24.3 Å². The summed E-state index contributed by atoms with van der Waals surface area (Å²) >= 11 is 6.28. The van der Waals surface area contributed by atoms with Crippen LogP contribution >= 0.6 is 67.8 Å². The number of esters is 2. The van der Waals surface area contributed by atoms with Crippen LogP contribution < -0.4 is 0 Å². The highest BCUT2D eigenvalue weighted by Gasteiger charge is 2.20. The maximum atomic E-state index is 12.1. The molecule has 106 valence electrons. The van der Waals surface area contributed by atoms with Gasteiger partial charge in [-0.05, 0) is 86.8 Å². The second-order valence-electron chi connectivity index (χ2n) is 3.89. The molecule has 0 atom stereocenters. The number of ketones is 1. The Labute approximate surface area is 157 Å². The number of carbonyl (C=O) groups is 3. The van der Waals surface area contributed by atoms with Crippen molar-refractivity contribution in [3.05, 3.63) is 40.6 Å². The predicted octanol–water partition coefficient (Wildman–Crippen LogP) is 3.72. The molecule has 1 rings (SSSR count). The van der Waals surface area contributed by atoms with Crippen LogP contribution in [0, 0.1) is 10.7 Å². The van der Waals surface area contributed by atoms with Crippen molar-refractivity contribution in [1.82, 2.24) is 0 Å². The summed E-state index contributed by atoms with van der Waals surface area (Å²) in [7, 11) is 0. The van der Waals surface area contributed by atoms with Gasteiger partial charge in [-0.2, -0.15) is 0 Å². The molecule has 0 aromatic heterocycles. The second kappa shape index (κ2) is 7.82. The molecule has 0 aliphatic carbocycles. The molecular weight excluding hydrogens is 601 g/mol. The van der Waals surface area contributed by atoms with E-state index in [4.69, 9.17) is 0 Å². The van der Waals surface area contributed by atoms with Gasteiger partial charge >= 0.3 is 11.9 Å². The number of rotatable bonds is 4. The molecule has 7 heteroatoms. The third kappa shape index (κ3) is 5.06. The van der Waals surface area contributed by atoms with E-state index in [2.05, 4.69) is 79.1 Å². The van der Waals surface area contributed by atoms with E-state index in [9.17, 15) is 14.4 Å². The van der Waals surface area contributed by atoms with Gasteiger partial charge in [0.25, 0.3) is 0 Å². The van der Waals surface area contributed by atoms with E-state index in [1.54, 1.807) is 6.07 Å². The summed E-state index contributed by atoms with van der Waals surface area (Å²) in [5.41, 5.74) is 0.575. The quantitative estimate of drug-likeness (QED) is 0.130. The minimum absolute atomic E-state index is 0.115. The summed E-state index contributed by atoms with van der Waals surface area (Å²) in [6, 6.07) is 3.64. The van der Waals surface area contributed by atoms with Gasteiger partial charge in [0.1, 0.15) is 6.42 Å². The first-order chi connectivity index (χ1) is 9.22. The number of carbonyl (C=O) groups excluding carboxylic acids is 3. The first-order valence-electron chi connectivity index (χ1n) is 5.30. The number of benzene rings is 1. The molecule has 0 unspecified atom stereocenters. The van der Waals surface area contributed by atoms with Gasteiger partial charge in [0, 0.05) is 21.8 Å². The maximum Gasteiger partial charge on any atom is 0.340 e. The number of hydrogen-bond acceptors (Lipinski definition) is 4. The Morgan fingerprint density at radius 3 is 2.35 bits per heavy atom. The molecular formula is C13H9I3O4. The minimum atomic E-state index is -0.868. The monoisotopic (exact) mass is 610 g/mol. The van der Waals surface area contributed by atoms with Crippen LogP contribution in [0.25, 0.3) is 0 Å². The Morgan fingerprint density at radius 2 is 1.80 bits per heavy atom. The zero-order chi connectivity index (χ0) is 15.4. The highest BCUT2D eigenvalue weighted by molar-refractivity contribution is 14.1. The fraction of sp³-hybridized carbons (Fsp3) is 0.154. The van der Waals surface area contributed by atoms with Gasteiger partial charge in [0.15, 0.2) is 5.78 Å². The summed E-state index contributed by atoms with van der Waals surface area (Å²) in [6.07, 6.45) is -0.467. The number of hydrogen-bond donors (Lipinski definition) is 0. The fourth-order valence-electron chi connectivity index (χ4n) is 1.21. The van der Waals surface area contributed by atoms with Crippen molar-refractivity contribution in [2.45, 2.75) is 13.3 Å². The molecule has 4 nitrogen and oxygen atoms in total. The van der Waals surface area contributed by atoms with Gasteiger partial charge < -0.3 is 4.74 Å². The smallest absolute Gasteiger partial charge is 0.340 e. The van der Waals surface area contributed by atoms with Crippen LogP contribution in [-0.4, -0.2) is 17.7 Å². The molecule has 0 N–H and O–H groups in total. The molecule has 0 bridgehead atoms.